The van der Waals surface area contributed by atoms with Gasteiger partial charge in [-0.2, -0.15) is 0 Å². The summed E-state index contributed by atoms with van der Waals surface area (Å²) in [6, 6.07) is 18.8. The van der Waals surface area contributed by atoms with Crippen LogP contribution in [0.25, 0.3) is 11.1 Å². The first-order valence-corrected chi connectivity index (χ1v) is 10.9. The van der Waals surface area contributed by atoms with Gasteiger partial charge in [-0.15, -0.1) is 0 Å². The Morgan fingerprint density at radius 2 is 1.60 bits per heavy atom. The number of hydrogen-bond acceptors (Lipinski definition) is 1. The van der Waals surface area contributed by atoms with Crippen LogP contribution in [-0.4, -0.2) is 7.05 Å². The molecule has 0 unspecified atom stereocenters. The lowest BCUT2D eigenvalue weighted by Crippen LogP contribution is -2.34. The summed E-state index contributed by atoms with van der Waals surface area (Å²) in [5.41, 5.74) is 2.32. The first-order valence-electron chi connectivity index (χ1n) is 7.63. The van der Waals surface area contributed by atoms with E-state index in [1.165, 1.54) is 0 Å². The average molecular weight is 481 g/mol. The van der Waals surface area contributed by atoms with E-state index < -0.39 is 13.1 Å². The molecular weight excluding hydrogens is 468 g/mol. The van der Waals surface area contributed by atoms with Gasteiger partial charge in [-0.25, -0.2) is 4.39 Å². The Kier molecular flexibility index (Phi) is 4.14. The number of anilines is 1. The zero-order chi connectivity index (χ0) is 17.8. The van der Waals surface area contributed by atoms with Gasteiger partial charge in [0, 0.05) is 23.2 Å². The fraction of sp³-hybridized carbons (Fsp3) is 0.0526. The van der Waals surface area contributed by atoms with Crippen molar-refractivity contribution < 1.29 is 8.96 Å². The largest absolute Gasteiger partial charge is 0.317 e. The Bertz CT molecular complexity index is 1040. The maximum atomic E-state index is 14.5. The minimum absolute atomic E-state index is 0.310. The zero-order valence-electron chi connectivity index (χ0n) is 13.2. The molecule has 0 spiro atoms. The molecular formula is C19H13Br2FNOP. The highest BCUT2D eigenvalue weighted by Crippen LogP contribution is 2.59. The van der Waals surface area contributed by atoms with Crippen LogP contribution < -0.4 is 15.3 Å². The molecule has 1 atom stereocenters. The number of nitrogens with zero attached hydrogens (tertiary/aromatic N) is 1. The minimum Gasteiger partial charge on any atom is -0.317 e. The number of rotatable bonds is 1. The van der Waals surface area contributed by atoms with Crippen LogP contribution in [0.15, 0.2) is 69.6 Å². The minimum atomic E-state index is -3.12. The van der Waals surface area contributed by atoms with Crippen LogP contribution in [0.1, 0.15) is 0 Å². The van der Waals surface area contributed by atoms with Gasteiger partial charge in [0.25, 0.3) is 0 Å². The molecule has 0 radical (unpaired) electrons. The van der Waals surface area contributed by atoms with E-state index in [1.54, 1.807) is 17.8 Å². The summed E-state index contributed by atoms with van der Waals surface area (Å²) < 4.78 is 31.2. The van der Waals surface area contributed by atoms with E-state index in [-0.39, 0.29) is 0 Å². The summed E-state index contributed by atoms with van der Waals surface area (Å²) >= 11 is 6.64. The molecule has 1 aliphatic heterocycles. The van der Waals surface area contributed by atoms with Gasteiger partial charge in [-0.3, -0.25) is 4.57 Å². The van der Waals surface area contributed by atoms with Crippen LogP contribution in [0, 0.1) is 5.82 Å². The highest BCUT2D eigenvalue weighted by molar-refractivity contribution is 9.11. The normalized spacial score (nSPS) is 18.6. The fourth-order valence-corrected chi connectivity index (χ4v) is 7.66. The summed E-state index contributed by atoms with van der Waals surface area (Å²) in [7, 11) is -1.36. The van der Waals surface area contributed by atoms with Gasteiger partial charge in [0.15, 0.2) is 5.82 Å². The number of fused-ring (bicyclic) bond motifs is 3. The predicted molar refractivity (Wildman–Crippen MR) is 109 cm³/mol. The predicted octanol–water partition coefficient (Wildman–Crippen LogP) is 5.70. The molecule has 0 amide bonds. The molecule has 3 aromatic rings. The topological polar surface area (TPSA) is 20.3 Å². The molecule has 2 nitrogen and oxygen atoms in total. The quantitative estimate of drug-likeness (QED) is 0.329. The van der Waals surface area contributed by atoms with E-state index in [9.17, 15) is 8.96 Å². The van der Waals surface area contributed by atoms with Gasteiger partial charge in [0.05, 0.1) is 14.6 Å². The van der Waals surface area contributed by atoms with Crippen LogP contribution in [0.2, 0.25) is 0 Å². The van der Waals surface area contributed by atoms with E-state index in [0.29, 0.717) is 14.6 Å². The number of hydrogen-bond donors (Lipinski definition) is 0. The van der Waals surface area contributed by atoms with Crippen molar-refractivity contribution in [3.63, 3.8) is 0 Å². The van der Waals surface area contributed by atoms with Crippen molar-refractivity contribution in [1.82, 2.24) is 0 Å². The third-order valence-corrected chi connectivity index (χ3v) is 8.90. The lowest BCUT2D eigenvalue weighted by molar-refractivity contribution is 0.585. The van der Waals surface area contributed by atoms with Crippen molar-refractivity contribution in [3.8, 4) is 11.1 Å². The summed E-state index contributed by atoms with van der Waals surface area (Å²) in [6.45, 7) is 0. The molecule has 6 heteroatoms. The molecule has 0 saturated carbocycles. The van der Waals surface area contributed by atoms with Crippen LogP contribution in [-0.2, 0) is 4.57 Å². The van der Waals surface area contributed by atoms with Crippen molar-refractivity contribution in [3.05, 3.63) is 75.4 Å². The van der Waals surface area contributed by atoms with Crippen LogP contribution in [0.4, 0.5) is 10.1 Å². The fourth-order valence-electron chi connectivity index (χ4n) is 3.32. The molecule has 4 rings (SSSR count). The molecule has 126 valence electrons. The third kappa shape index (κ3) is 2.37. The summed E-state index contributed by atoms with van der Waals surface area (Å²) in [6.07, 6.45) is 0. The molecule has 0 saturated heterocycles. The van der Waals surface area contributed by atoms with Crippen molar-refractivity contribution >= 4 is 55.4 Å². The van der Waals surface area contributed by atoms with Crippen molar-refractivity contribution in [1.29, 1.82) is 0 Å². The lowest BCUT2D eigenvalue weighted by Gasteiger charge is -2.38. The second-order valence-electron chi connectivity index (χ2n) is 5.83. The molecule has 0 aliphatic carbocycles. The Morgan fingerprint density at radius 1 is 0.960 bits per heavy atom. The van der Waals surface area contributed by atoms with Crippen LogP contribution in [0.3, 0.4) is 0 Å². The monoisotopic (exact) mass is 479 g/mol. The zero-order valence-corrected chi connectivity index (χ0v) is 17.3. The van der Waals surface area contributed by atoms with Crippen molar-refractivity contribution in [2.24, 2.45) is 0 Å². The molecule has 0 N–H and O–H groups in total. The molecule has 0 aromatic heterocycles. The van der Waals surface area contributed by atoms with E-state index in [4.69, 9.17) is 0 Å². The Hall–Kier alpha value is -1.42. The molecule has 0 fully saturated rings. The first-order chi connectivity index (χ1) is 12.0. The number of halogens is 3. The van der Waals surface area contributed by atoms with E-state index in [1.807, 2.05) is 54.6 Å². The van der Waals surface area contributed by atoms with Gasteiger partial charge in [0.2, 0.25) is 7.29 Å². The number of benzene rings is 3. The smallest absolute Gasteiger partial charge is 0.230 e. The van der Waals surface area contributed by atoms with E-state index >= 15 is 0 Å². The molecule has 0 bridgehead atoms. The average Bonchev–Trinajstić information content (AvgIpc) is 2.64. The molecule has 1 heterocycles. The SMILES string of the molecule is CN1c2c(cc(Br)c(F)c2Br)-c2ccccc2[P@@]1(=O)c1ccccc1. The first kappa shape index (κ1) is 17.0. The Balaban J connectivity index is 2.13. The maximum Gasteiger partial charge on any atom is 0.230 e. The second kappa shape index (κ2) is 6.08. The second-order valence-corrected chi connectivity index (χ2v) is 10.2. The summed E-state index contributed by atoms with van der Waals surface area (Å²) in [5.74, 6) is -0.399. The van der Waals surface area contributed by atoms with Gasteiger partial charge in [-0.05, 0) is 61.7 Å². The molecule has 3 aromatic carbocycles. The van der Waals surface area contributed by atoms with Gasteiger partial charge < -0.3 is 4.67 Å². The third-order valence-electron chi connectivity index (χ3n) is 4.51. The lowest BCUT2D eigenvalue weighted by atomic mass is 10.0. The molecule has 1 aliphatic rings. The highest BCUT2D eigenvalue weighted by atomic mass is 79.9. The van der Waals surface area contributed by atoms with Gasteiger partial charge in [-0.1, -0.05) is 36.4 Å². The van der Waals surface area contributed by atoms with E-state index in [2.05, 4.69) is 31.9 Å². The van der Waals surface area contributed by atoms with Gasteiger partial charge >= 0.3 is 0 Å². The van der Waals surface area contributed by atoms with E-state index in [0.717, 1.165) is 21.7 Å². The highest BCUT2D eigenvalue weighted by Gasteiger charge is 2.41. The Labute approximate surface area is 162 Å². The Morgan fingerprint density at radius 3 is 2.32 bits per heavy atom. The van der Waals surface area contributed by atoms with Crippen LogP contribution >= 0.6 is 39.2 Å². The van der Waals surface area contributed by atoms with Crippen molar-refractivity contribution in [2.75, 3.05) is 11.7 Å². The van der Waals surface area contributed by atoms with Gasteiger partial charge in [0.1, 0.15) is 0 Å². The molecule has 25 heavy (non-hydrogen) atoms. The summed E-state index contributed by atoms with van der Waals surface area (Å²) in [5, 5.41) is 1.49. The standard InChI is InChI=1S/C19H13Br2FNOP/c1-23-19-14(11-15(20)18(22)17(19)21)13-9-5-6-10-16(13)25(23,24)12-7-3-2-4-8-12/h2-11H,1H3/t25-/m0/s1. The van der Waals surface area contributed by atoms with Crippen molar-refractivity contribution in [2.45, 2.75) is 0 Å². The maximum absolute atomic E-state index is 14.5. The van der Waals surface area contributed by atoms with Crippen LogP contribution in [0.5, 0.6) is 0 Å². The summed E-state index contributed by atoms with van der Waals surface area (Å²) in [4.78, 5) is 0.